The lowest BCUT2D eigenvalue weighted by Gasteiger charge is -2.36. The highest BCUT2D eigenvalue weighted by Crippen LogP contribution is 2.55. The zero-order valence-electron chi connectivity index (χ0n) is 20.3. The minimum absolute atomic E-state index is 0.175. The largest absolute Gasteiger partial charge is 0.493 e. The number of carboxylic acids is 1. The van der Waals surface area contributed by atoms with E-state index in [-0.39, 0.29) is 11.5 Å². The first kappa shape index (κ1) is 24.6. The van der Waals surface area contributed by atoms with Crippen LogP contribution in [0.4, 0.5) is 4.79 Å². The fourth-order valence-electron chi connectivity index (χ4n) is 5.01. The number of aliphatic carboxylic acids is 1. The molecule has 3 aliphatic rings. The first-order valence-electron chi connectivity index (χ1n) is 11.7. The Kier molecular flexibility index (Phi) is 7.31. The molecular weight excluding hydrogens is 448 g/mol. The van der Waals surface area contributed by atoms with Gasteiger partial charge in [-0.2, -0.15) is 0 Å². The van der Waals surface area contributed by atoms with Crippen LogP contribution in [0, 0.1) is 6.92 Å². The minimum Gasteiger partial charge on any atom is -0.493 e. The van der Waals surface area contributed by atoms with Crippen LogP contribution in [-0.4, -0.2) is 61.5 Å². The lowest BCUT2D eigenvalue weighted by molar-refractivity contribution is -0.135. The van der Waals surface area contributed by atoms with Crippen molar-refractivity contribution >= 4 is 12.1 Å². The molecule has 186 valence electrons. The maximum Gasteiger partial charge on any atom is 0.408 e. The maximum atomic E-state index is 11.8. The summed E-state index contributed by atoms with van der Waals surface area (Å²) in [5.41, 5.74) is 3.44. The molecule has 2 heterocycles. The summed E-state index contributed by atoms with van der Waals surface area (Å²) < 4.78 is 17.3. The van der Waals surface area contributed by atoms with E-state index < -0.39 is 24.7 Å². The molecule has 3 unspecified atom stereocenters. The Hall–Kier alpha value is -3.52. The number of carboxylic acid groups (broad SMARTS) is 1. The molecule has 0 bridgehead atoms. The van der Waals surface area contributed by atoms with Gasteiger partial charge in [-0.3, -0.25) is 4.79 Å². The van der Waals surface area contributed by atoms with Crippen LogP contribution >= 0.6 is 0 Å². The topological polar surface area (TPSA) is 97.3 Å². The number of aryl methyl sites for hydroxylation is 1. The Morgan fingerprint density at radius 2 is 2.00 bits per heavy atom. The van der Waals surface area contributed by atoms with E-state index in [1.54, 1.807) is 7.11 Å². The molecule has 1 aliphatic carbocycles. The normalized spacial score (nSPS) is 24.0. The summed E-state index contributed by atoms with van der Waals surface area (Å²) in [6.45, 7) is 3.37. The molecule has 2 aromatic rings. The summed E-state index contributed by atoms with van der Waals surface area (Å²) in [6, 6.07) is 14.3. The summed E-state index contributed by atoms with van der Waals surface area (Å²) in [4.78, 5) is 24.7. The summed E-state index contributed by atoms with van der Waals surface area (Å²) >= 11 is 0. The van der Waals surface area contributed by atoms with Crippen molar-refractivity contribution in [2.75, 3.05) is 27.2 Å². The molecule has 2 aromatic carbocycles. The van der Waals surface area contributed by atoms with Gasteiger partial charge in [0, 0.05) is 18.5 Å². The number of amides is 1. The minimum atomic E-state index is -1.12. The third-order valence-electron chi connectivity index (χ3n) is 6.71. The van der Waals surface area contributed by atoms with Gasteiger partial charge in [-0.15, -0.1) is 0 Å². The Labute approximate surface area is 205 Å². The number of carbonyl (C=O) groups is 2. The highest BCUT2D eigenvalue weighted by atomic mass is 16.6. The van der Waals surface area contributed by atoms with E-state index in [2.05, 4.69) is 48.5 Å². The first-order chi connectivity index (χ1) is 16.8. The SMILES string of the molecule is COc1ccc2c3c1OC1CC(OC(=O)NCC(=O)O)C=CC31CCN(C)C2.Cc1ccccc1. The second-order valence-electron chi connectivity index (χ2n) is 9.21. The number of ether oxygens (including phenoxy) is 3. The van der Waals surface area contributed by atoms with Crippen molar-refractivity contribution in [3.05, 3.63) is 71.3 Å². The van der Waals surface area contributed by atoms with Crippen molar-refractivity contribution < 1.29 is 28.9 Å². The Morgan fingerprint density at radius 3 is 2.66 bits per heavy atom. The molecule has 8 heteroatoms. The van der Waals surface area contributed by atoms with E-state index in [9.17, 15) is 9.59 Å². The van der Waals surface area contributed by atoms with Crippen LogP contribution in [0.2, 0.25) is 0 Å². The molecule has 0 radical (unpaired) electrons. The van der Waals surface area contributed by atoms with Gasteiger partial charge in [0.25, 0.3) is 0 Å². The number of rotatable bonds is 4. The van der Waals surface area contributed by atoms with E-state index in [0.717, 1.165) is 25.3 Å². The average molecular weight is 481 g/mol. The average Bonchev–Trinajstić information content (AvgIpc) is 3.10. The van der Waals surface area contributed by atoms with E-state index >= 15 is 0 Å². The molecule has 8 nitrogen and oxygen atoms in total. The van der Waals surface area contributed by atoms with Crippen molar-refractivity contribution in [3.63, 3.8) is 0 Å². The molecule has 5 rings (SSSR count). The molecule has 1 spiro atoms. The van der Waals surface area contributed by atoms with Crippen LogP contribution in [0.5, 0.6) is 11.5 Å². The van der Waals surface area contributed by atoms with Crippen molar-refractivity contribution in [1.82, 2.24) is 10.2 Å². The fourth-order valence-corrected chi connectivity index (χ4v) is 5.01. The molecule has 0 saturated heterocycles. The predicted octanol–water partition coefficient (Wildman–Crippen LogP) is 3.66. The van der Waals surface area contributed by atoms with Crippen LogP contribution in [0.15, 0.2) is 54.6 Å². The maximum absolute atomic E-state index is 11.8. The van der Waals surface area contributed by atoms with Gasteiger partial charge in [0.15, 0.2) is 11.5 Å². The Morgan fingerprint density at radius 1 is 1.23 bits per heavy atom. The Bertz CT molecular complexity index is 1100. The van der Waals surface area contributed by atoms with Crippen LogP contribution in [-0.2, 0) is 21.5 Å². The molecule has 0 fully saturated rings. The number of nitrogens with one attached hydrogen (secondary N) is 1. The van der Waals surface area contributed by atoms with Gasteiger partial charge >= 0.3 is 12.1 Å². The van der Waals surface area contributed by atoms with Crippen molar-refractivity contribution in [3.8, 4) is 11.5 Å². The van der Waals surface area contributed by atoms with Gasteiger partial charge in [-0.05, 0) is 44.6 Å². The Balaban J connectivity index is 0.000000356. The number of carbonyl (C=O) groups excluding carboxylic acids is 1. The van der Waals surface area contributed by atoms with Gasteiger partial charge in [-0.25, -0.2) is 4.79 Å². The second kappa shape index (κ2) is 10.4. The summed E-state index contributed by atoms with van der Waals surface area (Å²) in [5, 5.41) is 10.9. The number of benzene rings is 2. The van der Waals surface area contributed by atoms with Crippen LogP contribution in [0.1, 0.15) is 29.5 Å². The molecule has 3 atom stereocenters. The molecule has 35 heavy (non-hydrogen) atoms. The highest BCUT2D eigenvalue weighted by Gasteiger charge is 2.53. The fraction of sp³-hybridized carbons (Fsp3) is 0.407. The van der Waals surface area contributed by atoms with Gasteiger partial charge in [0.2, 0.25) is 0 Å². The quantitative estimate of drug-likeness (QED) is 0.645. The van der Waals surface area contributed by atoms with E-state index in [0.29, 0.717) is 12.2 Å². The zero-order valence-corrected chi connectivity index (χ0v) is 20.3. The van der Waals surface area contributed by atoms with Crippen molar-refractivity contribution in [2.45, 2.75) is 43.9 Å². The number of nitrogens with zero attached hydrogens (tertiary/aromatic N) is 1. The summed E-state index contributed by atoms with van der Waals surface area (Å²) in [7, 11) is 3.74. The summed E-state index contributed by atoms with van der Waals surface area (Å²) in [5.74, 6) is 0.370. The van der Waals surface area contributed by atoms with Gasteiger partial charge in [0.1, 0.15) is 18.8 Å². The lowest BCUT2D eigenvalue weighted by atomic mass is 9.69. The van der Waals surface area contributed by atoms with E-state index in [4.69, 9.17) is 19.3 Å². The van der Waals surface area contributed by atoms with Crippen LogP contribution in [0.3, 0.4) is 0 Å². The van der Waals surface area contributed by atoms with Crippen molar-refractivity contribution in [1.29, 1.82) is 0 Å². The number of methoxy groups -OCH3 is 1. The van der Waals surface area contributed by atoms with Crippen LogP contribution in [0.25, 0.3) is 0 Å². The standard InChI is InChI=1S/C20H24N2O6.C7H8/c1-22-8-7-20-6-5-13(27-19(25)21-10-16(23)24)9-15(20)28-18-14(26-2)4-3-12(11-22)17(18)20;1-7-5-3-2-4-6-7/h3-6,13,15H,7-11H2,1-2H3,(H,21,25)(H,23,24);2-6H,1H3. The molecule has 0 saturated carbocycles. The number of alkyl carbamates (subject to hydrolysis) is 1. The third-order valence-corrected chi connectivity index (χ3v) is 6.71. The van der Waals surface area contributed by atoms with Gasteiger partial charge in [0.05, 0.1) is 12.5 Å². The third kappa shape index (κ3) is 5.27. The van der Waals surface area contributed by atoms with E-state index in [1.165, 1.54) is 16.7 Å². The van der Waals surface area contributed by atoms with Gasteiger partial charge < -0.3 is 29.5 Å². The number of hydrogen-bond donors (Lipinski definition) is 2. The van der Waals surface area contributed by atoms with Gasteiger partial charge in [-0.1, -0.05) is 48.0 Å². The molecule has 2 N–H and O–H groups in total. The second-order valence-corrected chi connectivity index (χ2v) is 9.21. The lowest BCUT2D eigenvalue weighted by Crippen LogP contribution is -2.44. The predicted molar refractivity (Wildman–Crippen MR) is 131 cm³/mol. The van der Waals surface area contributed by atoms with Crippen LogP contribution < -0.4 is 14.8 Å². The highest BCUT2D eigenvalue weighted by molar-refractivity contribution is 5.76. The number of hydrogen-bond acceptors (Lipinski definition) is 6. The summed E-state index contributed by atoms with van der Waals surface area (Å²) in [6.07, 6.45) is 3.99. The smallest absolute Gasteiger partial charge is 0.408 e. The molecule has 2 aliphatic heterocycles. The monoisotopic (exact) mass is 480 g/mol. The molecule has 0 aromatic heterocycles. The zero-order chi connectivity index (χ0) is 25.0. The molecular formula is C27H32N2O6. The molecule has 1 amide bonds. The van der Waals surface area contributed by atoms with E-state index in [1.807, 2.05) is 30.3 Å². The first-order valence-corrected chi connectivity index (χ1v) is 11.7. The van der Waals surface area contributed by atoms with Crippen molar-refractivity contribution in [2.24, 2.45) is 0 Å².